The molecule has 0 aliphatic heterocycles. The Hall–Kier alpha value is -1.10. The molecule has 2 rings (SSSR count). The van der Waals surface area contributed by atoms with Crippen LogP contribution < -0.4 is 10.6 Å². The van der Waals surface area contributed by atoms with Gasteiger partial charge in [0.25, 0.3) is 0 Å². The van der Waals surface area contributed by atoms with Gasteiger partial charge in [-0.1, -0.05) is 54.6 Å². The molecule has 5 heteroatoms. The second kappa shape index (κ2) is 12.3. The van der Waals surface area contributed by atoms with Gasteiger partial charge in [-0.25, -0.2) is 0 Å². The third-order valence-corrected chi connectivity index (χ3v) is 3.31. The van der Waals surface area contributed by atoms with Crippen molar-refractivity contribution in [3.63, 3.8) is 0 Å². The molecule has 0 amide bonds. The molecule has 23 heavy (non-hydrogen) atoms. The number of hydrogen-bond donors (Lipinski definition) is 3. The molecule has 0 saturated carbocycles. The summed E-state index contributed by atoms with van der Waals surface area (Å²) in [7, 11) is 0. The predicted molar refractivity (Wildman–Crippen MR) is 103 cm³/mol. The Labute approximate surface area is 151 Å². The monoisotopic (exact) mass is 356 g/mol. The van der Waals surface area contributed by atoms with Gasteiger partial charge in [-0.2, -0.15) is 0 Å². The van der Waals surface area contributed by atoms with Gasteiger partial charge in [0.15, 0.2) is 0 Å². The molecule has 0 aliphatic carbocycles. The Morgan fingerprint density at radius 3 is 2.00 bits per heavy atom. The number of aliphatic hydroxyl groups is 1. The number of nitrogens with one attached hydrogen (secondary N) is 2. The van der Waals surface area contributed by atoms with Gasteiger partial charge >= 0.3 is 0 Å². The summed E-state index contributed by atoms with van der Waals surface area (Å²) in [6, 6.07) is 19.1. The highest BCUT2D eigenvalue weighted by Crippen LogP contribution is 2.18. The Kier molecular flexibility index (Phi) is 11.7. The van der Waals surface area contributed by atoms with E-state index in [0.717, 1.165) is 19.6 Å². The highest BCUT2D eigenvalue weighted by Gasteiger charge is 1.98. The fourth-order valence-electron chi connectivity index (χ4n) is 2.17. The second-order valence-electron chi connectivity index (χ2n) is 5.29. The largest absolute Gasteiger partial charge is 0.392 e. The van der Waals surface area contributed by atoms with Crippen LogP contribution in [0.25, 0.3) is 11.1 Å². The molecular formula is C18H26Cl2N2O. The summed E-state index contributed by atoms with van der Waals surface area (Å²) in [6.07, 6.45) is -0.282. The number of rotatable bonds is 8. The topological polar surface area (TPSA) is 44.3 Å². The van der Waals surface area contributed by atoms with Gasteiger partial charge < -0.3 is 15.7 Å². The molecule has 0 saturated heterocycles. The molecule has 0 heterocycles. The summed E-state index contributed by atoms with van der Waals surface area (Å²) in [4.78, 5) is 0. The van der Waals surface area contributed by atoms with Crippen LogP contribution in [-0.4, -0.2) is 30.8 Å². The van der Waals surface area contributed by atoms with Crippen molar-refractivity contribution in [3.8, 4) is 11.1 Å². The lowest BCUT2D eigenvalue weighted by Crippen LogP contribution is -2.31. The van der Waals surface area contributed by atoms with Gasteiger partial charge in [0.2, 0.25) is 0 Å². The number of aliphatic hydroxyl groups excluding tert-OH is 1. The molecule has 0 fully saturated rings. The maximum absolute atomic E-state index is 9.12. The summed E-state index contributed by atoms with van der Waals surface area (Å²) in [5.74, 6) is 0. The van der Waals surface area contributed by atoms with E-state index in [-0.39, 0.29) is 30.9 Å². The molecule has 1 unspecified atom stereocenters. The van der Waals surface area contributed by atoms with E-state index in [1.54, 1.807) is 6.92 Å². The van der Waals surface area contributed by atoms with Crippen molar-refractivity contribution in [2.24, 2.45) is 0 Å². The van der Waals surface area contributed by atoms with Crippen LogP contribution in [0.5, 0.6) is 0 Å². The highest BCUT2D eigenvalue weighted by atomic mass is 35.5. The average Bonchev–Trinajstić information content (AvgIpc) is 2.52. The van der Waals surface area contributed by atoms with Gasteiger partial charge in [-0.05, 0) is 23.6 Å². The van der Waals surface area contributed by atoms with Gasteiger partial charge in [0, 0.05) is 26.2 Å². The molecule has 0 spiro atoms. The summed E-state index contributed by atoms with van der Waals surface area (Å²) < 4.78 is 0. The lowest BCUT2D eigenvalue weighted by molar-refractivity contribution is 0.191. The van der Waals surface area contributed by atoms with E-state index in [2.05, 4.69) is 59.2 Å². The molecule has 3 N–H and O–H groups in total. The molecule has 0 radical (unpaired) electrons. The highest BCUT2D eigenvalue weighted by molar-refractivity contribution is 5.85. The van der Waals surface area contributed by atoms with Crippen LogP contribution >= 0.6 is 24.8 Å². The number of hydrogen-bond acceptors (Lipinski definition) is 3. The smallest absolute Gasteiger partial charge is 0.0636 e. The Bertz CT molecular complexity index is 518. The van der Waals surface area contributed by atoms with Crippen molar-refractivity contribution in [1.82, 2.24) is 10.6 Å². The van der Waals surface area contributed by atoms with E-state index in [9.17, 15) is 0 Å². The minimum absolute atomic E-state index is 0. The summed E-state index contributed by atoms with van der Waals surface area (Å²) >= 11 is 0. The SMILES string of the molecule is CC(O)CNCCNCc1ccc(-c2ccccc2)cc1.Cl.Cl. The van der Waals surface area contributed by atoms with E-state index in [4.69, 9.17) is 5.11 Å². The van der Waals surface area contributed by atoms with Gasteiger partial charge in [0.1, 0.15) is 0 Å². The first-order valence-electron chi connectivity index (χ1n) is 7.49. The minimum atomic E-state index is -0.282. The first-order chi connectivity index (χ1) is 10.3. The van der Waals surface area contributed by atoms with Crippen LogP contribution in [0.15, 0.2) is 54.6 Å². The average molecular weight is 357 g/mol. The summed E-state index contributed by atoms with van der Waals surface area (Å²) in [5, 5.41) is 15.7. The van der Waals surface area contributed by atoms with Crippen LogP contribution in [0.1, 0.15) is 12.5 Å². The normalized spacial score (nSPS) is 11.2. The Morgan fingerprint density at radius 1 is 0.826 bits per heavy atom. The zero-order valence-electron chi connectivity index (χ0n) is 13.4. The van der Waals surface area contributed by atoms with Gasteiger partial charge in [-0.3, -0.25) is 0 Å². The van der Waals surface area contributed by atoms with Gasteiger partial charge in [0.05, 0.1) is 6.10 Å². The number of halogens is 2. The first-order valence-corrected chi connectivity index (χ1v) is 7.49. The fraction of sp³-hybridized carbons (Fsp3) is 0.333. The lowest BCUT2D eigenvalue weighted by Gasteiger charge is -2.08. The van der Waals surface area contributed by atoms with Crippen LogP contribution in [0, 0.1) is 0 Å². The molecule has 1 atom stereocenters. The summed E-state index contributed by atoms with van der Waals surface area (Å²) in [5.41, 5.74) is 3.78. The Balaban J connectivity index is 0.00000242. The van der Waals surface area contributed by atoms with Crippen LogP contribution in [0.3, 0.4) is 0 Å². The van der Waals surface area contributed by atoms with Crippen molar-refractivity contribution in [1.29, 1.82) is 0 Å². The van der Waals surface area contributed by atoms with Crippen molar-refractivity contribution < 1.29 is 5.11 Å². The molecule has 128 valence electrons. The van der Waals surface area contributed by atoms with Crippen molar-refractivity contribution in [2.45, 2.75) is 19.6 Å². The second-order valence-corrected chi connectivity index (χ2v) is 5.29. The maximum Gasteiger partial charge on any atom is 0.0636 e. The molecule has 0 bridgehead atoms. The van der Waals surface area contributed by atoms with Crippen LogP contribution in [0.2, 0.25) is 0 Å². The van der Waals surface area contributed by atoms with Crippen molar-refractivity contribution in [3.05, 3.63) is 60.2 Å². The first kappa shape index (κ1) is 21.9. The lowest BCUT2D eigenvalue weighted by atomic mass is 10.0. The zero-order valence-corrected chi connectivity index (χ0v) is 15.0. The Morgan fingerprint density at radius 2 is 1.39 bits per heavy atom. The van der Waals surface area contributed by atoms with Crippen molar-refractivity contribution >= 4 is 24.8 Å². The minimum Gasteiger partial charge on any atom is -0.392 e. The van der Waals surface area contributed by atoms with E-state index >= 15 is 0 Å². The van der Waals surface area contributed by atoms with Crippen LogP contribution in [0.4, 0.5) is 0 Å². The maximum atomic E-state index is 9.12. The zero-order chi connectivity index (χ0) is 14.9. The molecule has 2 aromatic carbocycles. The molecule has 0 aromatic heterocycles. The third-order valence-electron chi connectivity index (χ3n) is 3.31. The molecule has 0 aliphatic rings. The fourth-order valence-corrected chi connectivity index (χ4v) is 2.17. The molecule has 3 nitrogen and oxygen atoms in total. The van der Waals surface area contributed by atoms with E-state index < -0.39 is 0 Å². The standard InChI is InChI=1S/C18H24N2O.2ClH/c1-15(21)13-19-11-12-20-14-16-7-9-18(10-8-16)17-5-3-2-4-6-17;;/h2-10,15,19-21H,11-14H2,1H3;2*1H. The predicted octanol–water partition coefficient (Wildman–Crippen LogP) is 3.26. The third kappa shape index (κ3) is 8.35. The molecule has 2 aromatic rings. The van der Waals surface area contributed by atoms with E-state index in [1.807, 2.05) is 6.07 Å². The summed E-state index contributed by atoms with van der Waals surface area (Å²) in [6.45, 7) is 5.06. The number of benzene rings is 2. The van der Waals surface area contributed by atoms with E-state index in [1.165, 1.54) is 16.7 Å². The molecular weight excluding hydrogens is 331 g/mol. The van der Waals surface area contributed by atoms with Crippen LogP contribution in [-0.2, 0) is 6.54 Å². The van der Waals surface area contributed by atoms with Gasteiger partial charge in [-0.15, -0.1) is 24.8 Å². The quantitative estimate of drug-likeness (QED) is 0.636. The van der Waals surface area contributed by atoms with Crippen molar-refractivity contribution in [2.75, 3.05) is 19.6 Å². The van der Waals surface area contributed by atoms with E-state index in [0.29, 0.717) is 6.54 Å².